The van der Waals surface area contributed by atoms with Gasteiger partial charge in [0.25, 0.3) is 0 Å². The maximum absolute atomic E-state index is 5.57. The highest BCUT2D eigenvalue weighted by Crippen LogP contribution is 2.34. The number of hydrogen-bond acceptors (Lipinski definition) is 6. The maximum Gasteiger partial charge on any atom is 0.244 e. The van der Waals surface area contributed by atoms with Gasteiger partial charge in [-0.2, -0.15) is 4.98 Å². The van der Waals surface area contributed by atoms with E-state index in [0.29, 0.717) is 29.6 Å². The topological polar surface area (TPSA) is 81.6 Å². The standard InChI is InChI=1S/C18H19N7O/c1-11(12-3-4-12)21-17-22-16(26-2)15-14(5-7-25(15)23-17)13-9-20-18-19-6-8-24(18)10-13/h5-12H,3-4H2,1-2H3,(H,21,23). The van der Waals surface area contributed by atoms with Crippen LogP contribution in [0.1, 0.15) is 19.8 Å². The van der Waals surface area contributed by atoms with Crippen molar-refractivity contribution in [2.24, 2.45) is 5.92 Å². The summed E-state index contributed by atoms with van der Waals surface area (Å²) >= 11 is 0. The largest absolute Gasteiger partial charge is 0.479 e. The van der Waals surface area contributed by atoms with E-state index in [2.05, 4.69) is 32.3 Å². The zero-order valence-corrected chi connectivity index (χ0v) is 14.6. The van der Waals surface area contributed by atoms with Crippen LogP contribution < -0.4 is 10.1 Å². The van der Waals surface area contributed by atoms with Crippen molar-refractivity contribution >= 4 is 17.2 Å². The summed E-state index contributed by atoms with van der Waals surface area (Å²) in [4.78, 5) is 13.2. The summed E-state index contributed by atoms with van der Waals surface area (Å²) in [6, 6.07) is 2.36. The molecule has 0 aromatic carbocycles. The minimum absolute atomic E-state index is 0.361. The Morgan fingerprint density at radius 2 is 2.15 bits per heavy atom. The first-order chi connectivity index (χ1) is 12.7. The van der Waals surface area contributed by atoms with Crippen molar-refractivity contribution < 1.29 is 4.74 Å². The lowest BCUT2D eigenvalue weighted by Crippen LogP contribution is -2.20. The first-order valence-electron chi connectivity index (χ1n) is 8.72. The summed E-state index contributed by atoms with van der Waals surface area (Å²) in [6.45, 7) is 2.17. The summed E-state index contributed by atoms with van der Waals surface area (Å²) in [5.41, 5.74) is 2.73. The Morgan fingerprint density at radius 3 is 2.96 bits per heavy atom. The van der Waals surface area contributed by atoms with Crippen molar-refractivity contribution in [2.75, 3.05) is 12.4 Å². The molecule has 1 saturated carbocycles. The van der Waals surface area contributed by atoms with Gasteiger partial charge in [-0.15, -0.1) is 5.10 Å². The highest BCUT2D eigenvalue weighted by molar-refractivity contribution is 5.84. The third-order valence-corrected chi connectivity index (χ3v) is 4.91. The molecule has 8 heteroatoms. The number of ether oxygens (including phenoxy) is 1. The molecule has 0 aliphatic heterocycles. The summed E-state index contributed by atoms with van der Waals surface area (Å²) in [6.07, 6.45) is 11.9. The lowest BCUT2D eigenvalue weighted by atomic mass is 10.1. The van der Waals surface area contributed by atoms with E-state index in [1.165, 1.54) is 12.8 Å². The number of imidazole rings is 1. The molecule has 1 fully saturated rings. The van der Waals surface area contributed by atoms with Crippen molar-refractivity contribution in [3.63, 3.8) is 0 Å². The van der Waals surface area contributed by atoms with E-state index in [0.717, 1.165) is 16.6 Å². The van der Waals surface area contributed by atoms with Crippen molar-refractivity contribution in [3.05, 3.63) is 37.1 Å². The Labute approximate surface area is 149 Å². The Kier molecular flexibility index (Phi) is 3.31. The zero-order chi connectivity index (χ0) is 17.7. The quantitative estimate of drug-likeness (QED) is 0.596. The molecule has 0 radical (unpaired) electrons. The van der Waals surface area contributed by atoms with Crippen molar-refractivity contribution in [1.29, 1.82) is 0 Å². The van der Waals surface area contributed by atoms with Gasteiger partial charge in [-0.25, -0.2) is 14.5 Å². The third-order valence-electron chi connectivity index (χ3n) is 4.91. The minimum atomic E-state index is 0.361. The molecular formula is C18H19N7O. The first kappa shape index (κ1) is 15.1. The van der Waals surface area contributed by atoms with Crippen molar-refractivity contribution in [2.45, 2.75) is 25.8 Å². The van der Waals surface area contributed by atoms with E-state index in [9.17, 15) is 0 Å². The molecule has 0 spiro atoms. The molecule has 5 rings (SSSR count). The van der Waals surface area contributed by atoms with Gasteiger partial charge >= 0.3 is 0 Å². The molecule has 0 bridgehead atoms. The fourth-order valence-corrected chi connectivity index (χ4v) is 3.30. The van der Waals surface area contributed by atoms with Crippen LogP contribution in [-0.2, 0) is 0 Å². The van der Waals surface area contributed by atoms with E-state index in [-0.39, 0.29) is 0 Å². The van der Waals surface area contributed by atoms with Crippen LogP contribution in [0.2, 0.25) is 0 Å². The third kappa shape index (κ3) is 2.45. The minimum Gasteiger partial charge on any atom is -0.479 e. The first-order valence-corrected chi connectivity index (χ1v) is 8.72. The van der Waals surface area contributed by atoms with Crippen LogP contribution in [0.25, 0.3) is 22.4 Å². The fourth-order valence-electron chi connectivity index (χ4n) is 3.30. The number of rotatable bonds is 5. The van der Waals surface area contributed by atoms with E-state index >= 15 is 0 Å². The van der Waals surface area contributed by atoms with Gasteiger partial charge in [-0.05, 0) is 31.7 Å². The molecule has 0 amide bonds. The second kappa shape index (κ2) is 5.69. The molecule has 26 heavy (non-hydrogen) atoms. The molecule has 1 atom stereocenters. The normalized spacial score (nSPS) is 15.5. The van der Waals surface area contributed by atoms with Crippen LogP contribution in [0, 0.1) is 5.92 Å². The SMILES string of the molecule is COc1nc(NC(C)C2CC2)nn2ccc(-c3cnc4nccn4c3)c12. The fraction of sp³-hybridized carbons (Fsp3) is 0.333. The lowest BCUT2D eigenvalue weighted by molar-refractivity contribution is 0.399. The van der Waals surface area contributed by atoms with Gasteiger partial charge in [0.15, 0.2) is 0 Å². The molecule has 0 saturated heterocycles. The molecule has 1 N–H and O–H groups in total. The molecule has 1 unspecified atom stereocenters. The van der Waals surface area contributed by atoms with E-state index in [1.807, 2.05) is 29.1 Å². The predicted octanol–water partition coefficient (Wildman–Crippen LogP) is 2.66. The molecule has 4 heterocycles. The van der Waals surface area contributed by atoms with Gasteiger partial charge in [0.05, 0.1) is 7.11 Å². The van der Waals surface area contributed by atoms with E-state index in [1.54, 1.807) is 24.0 Å². The summed E-state index contributed by atoms with van der Waals surface area (Å²) in [7, 11) is 1.63. The highest BCUT2D eigenvalue weighted by Gasteiger charge is 2.28. The Balaban J connectivity index is 1.60. The van der Waals surface area contributed by atoms with Gasteiger partial charge in [-0.3, -0.25) is 4.40 Å². The number of nitrogens with one attached hydrogen (secondary N) is 1. The molecule has 4 aromatic rings. The van der Waals surface area contributed by atoms with Crippen LogP contribution in [0.3, 0.4) is 0 Å². The Morgan fingerprint density at radius 1 is 1.27 bits per heavy atom. The average molecular weight is 349 g/mol. The van der Waals surface area contributed by atoms with Crippen molar-refractivity contribution in [3.8, 4) is 17.0 Å². The lowest BCUT2D eigenvalue weighted by Gasteiger charge is -2.14. The Hall–Kier alpha value is -3.16. The van der Waals surface area contributed by atoms with Crippen LogP contribution in [0.15, 0.2) is 37.1 Å². The number of fused-ring (bicyclic) bond motifs is 2. The van der Waals surface area contributed by atoms with Gasteiger partial charge in [0.2, 0.25) is 17.6 Å². The molecule has 132 valence electrons. The molecule has 4 aromatic heterocycles. The number of methoxy groups -OCH3 is 1. The van der Waals surface area contributed by atoms with Gasteiger partial charge in [0, 0.05) is 48.2 Å². The highest BCUT2D eigenvalue weighted by atomic mass is 16.5. The summed E-state index contributed by atoms with van der Waals surface area (Å²) in [5.74, 6) is 2.50. The van der Waals surface area contributed by atoms with E-state index < -0.39 is 0 Å². The molecule has 8 nitrogen and oxygen atoms in total. The number of anilines is 1. The second-order valence-electron chi connectivity index (χ2n) is 6.71. The van der Waals surface area contributed by atoms with Crippen molar-refractivity contribution in [1.82, 2.24) is 29.0 Å². The maximum atomic E-state index is 5.57. The summed E-state index contributed by atoms with van der Waals surface area (Å²) < 4.78 is 9.26. The number of aromatic nitrogens is 6. The monoisotopic (exact) mass is 349 g/mol. The van der Waals surface area contributed by atoms with Crippen LogP contribution in [-0.4, -0.2) is 42.1 Å². The summed E-state index contributed by atoms with van der Waals surface area (Å²) in [5, 5.41) is 8.00. The van der Waals surface area contributed by atoms with E-state index in [4.69, 9.17) is 4.74 Å². The van der Waals surface area contributed by atoms with Gasteiger partial charge in [-0.1, -0.05) is 0 Å². The average Bonchev–Trinajstić information content (AvgIpc) is 3.26. The van der Waals surface area contributed by atoms with Crippen LogP contribution in [0.4, 0.5) is 5.95 Å². The molecule has 1 aliphatic carbocycles. The molecule has 1 aliphatic rings. The van der Waals surface area contributed by atoms with Crippen LogP contribution >= 0.6 is 0 Å². The van der Waals surface area contributed by atoms with Gasteiger partial charge in [0.1, 0.15) is 5.52 Å². The predicted molar refractivity (Wildman–Crippen MR) is 97.3 cm³/mol. The Bertz CT molecular complexity index is 1100. The second-order valence-corrected chi connectivity index (χ2v) is 6.71. The number of nitrogens with zero attached hydrogens (tertiary/aromatic N) is 6. The van der Waals surface area contributed by atoms with Gasteiger partial charge < -0.3 is 10.1 Å². The molecular weight excluding hydrogens is 330 g/mol. The number of hydrogen-bond donors (Lipinski definition) is 1. The zero-order valence-electron chi connectivity index (χ0n) is 14.6. The smallest absolute Gasteiger partial charge is 0.244 e. The van der Waals surface area contributed by atoms with Crippen LogP contribution in [0.5, 0.6) is 5.88 Å².